The Balaban J connectivity index is 2.10. The van der Waals surface area contributed by atoms with E-state index in [-0.39, 0.29) is 5.91 Å². The van der Waals surface area contributed by atoms with Gasteiger partial charge in [0.15, 0.2) is 0 Å². The topological polar surface area (TPSA) is 46.3 Å². The van der Waals surface area contributed by atoms with Crippen LogP contribution in [0, 0.1) is 0 Å². The minimum atomic E-state index is 0.112. The van der Waals surface area contributed by atoms with Gasteiger partial charge in [0.2, 0.25) is 0 Å². The van der Waals surface area contributed by atoms with Crippen molar-refractivity contribution in [1.82, 2.24) is 4.90 Å². The summed E-state index contributed by atoms with van der Waals surface area (Å²) in [4.78, 5) is 13.8. The van der Waals surface area contributed by atoms with Crippen molar-refractivity contribution < 1.29 is 4.79 Å². The number of nitrogens with two attached hydrogens (primary N) is 1. The number of hydrogen-bond donors (Lipinski definition) is 1. The number of rotatable bonds is 3. The van der Waals surface area contributed by atoms with Crippen molar-refractivity contribution in [2.45, 2.75) is 25.4 Å². The molecule has 0 unspecified atom stereocenters. The van der Waals surface area contributed by atoms with Crippen molar-refractivity contribution in [3.8, 4) is 0 Å². The molecule has 15 heavy (non-hydrogen) atoms. The molecule has 0 atom stereocenters. The Morgan fingerprint density at radius 2 is 2.00 bits per heavy atom. The third kappa shape index (κ3) is 2.18. The molecule has 0 spiro atoms. The first-order valence-electron chi connectivity index (χ1n) is 5.28. The SMILES string of the molecule is CN(C(=O)c1ccc(CN)cc1)C1CC1. The lowest BCUT2D eigenvalue weighted by Crippen LogP contribution is -2.28. The van der Waals surface area contributed by atoms with Gasteiger partial charge in [-0.15, -0.1) is 0 Å². The summed E-state index contributed by atoms with van der Waals surface area (Å²) in [6.07, 6.45) is 2.28. The average molecular weight is 204 g/mol. The largest absolute Gasteiger partial charge is 0.339 e. The molecule has 0 saturated heterocycles. The van der Waals surface area contributed by atoms with Crippen molar-refractivity contribution in [2.75, 3.05) is 7.05 Å². The van der Waals surface area contributed by atoms with Gasteiger partial charge >= 0.3 is 0 Å². The van der Waals surface area contributed by atoms with Crippen LogP contribution in [0.15, 0.2) is 24.3 Å². The van der Waals surface area contributed by atoms with Crippen molar-refractivity contribution >= 4 is 5.91 Å². The van der Waals surface area contributed by atoms with Crippen molar-refractivity contribution in [1.29, 1.82) is 0 Å². The second kappa shape index (κ2) is 4.03. The van der Waals surface area contributed by atoms with Crippen LogP contribution in [0.1, 0.15) is 28.8 Å². The van der Waals surface area contributed by atoms with Crippen LogP contribution in [0.4, 0.5) is 0 Å². The molecule has 1 aromatic carbocycles. The molecule has 1 aliphatic rings. The Morgan fingerprint density at radius 3 is 2.47 bits per heavy atom. The third-order valence-electron chi connectivity index (χ3n) is 2.85. The van der Waals surface area contributed by atoms with Gasteiger partial charge < -0.3 is 10.6 Å². The molecule has 0 radical (unpaired) electrons. The highest BCUT2D eigenvalue weighted by Crippen LogP contribution is 2.26. The van der Waals surface area contributed by atoms with Crippen molar-refractivity contribution in [2.24, 2.45) is 5.73 Å². The van der Waals surface area contributed by atoms with Gasteiger partial charge in [-0.2, -0.15) is 0 Å². The molecule has 0 aliphatic heterocycles. The van der Waals surface area contributed by atoms with E-state index in [1.165, 1.54) is 0 Å². The number of carbonyl (C=O) groups is 1. The summed E-state index contributed by atoms with van der Waals surface area (Å²) in [6, 6.07) is 7.99. The molecule has 1 amide bonds. The molecular weight excluding hydrogens is 188 g/mol. The summed E-state index contributed by atoms with van der Waals surface area (Å²) in [7, 11) is 1.87. The molecule has 3 nitrogen and oxygen atoms in total. The molecule has 3 heteroatoms. The third-order valence-corrected chi connectivity index (χ3v) is 2.85. The maximum absolute atomic E-state index is 11.9. The van der Waals surface area contributed by atoms with Gasteiger partial charge in [0.25, 0.3) is 5.91 Å². The second-order valence-corrected chi connectivity index (χ2v) is 4.05. The van der Waals surface area contributed by atoms with Crippen LogP contribution in [0.5, 0.6) is 0 Å². The Kier molecular flexibility index (Phi) is 2.73. The van der Waals surface area contributed by atoms with Crippen molar-refractivity contribution in [3.05, 3.63) is 35.4 Å². The Morgan fingerprint density at radius 1 is 1.40 bits per heavy atom. The normalized spacial score (nSPS) is 15.1. The molecule has 2 N–H and O–H groups in total. The van der Waals surface area contributed by atoms with Gasteiger partial charge in [0.1, 0.15) is 0 Å². The van der Waals surface area contributed by atoms with E-state index >= 15 is 0 Å². The van der Waals surface area contributed by atoms with Gasteiger partial charge in [0, 0.05) is 25.2 Å². The Labute approximate surface area is 89.9 Å². The molecular formula is C12H16N2O. The smallest absolute Gasteiger partial charge is 0.253 e. The lowest BCUT2D eigenvalue weighted by atomic mass is 10.1. The number of carbonyl (C=O) groups excluding carboxylic acids is 1. The van der Waals surface area contributed by atoms with E-state index in [9.17, 15) is 4.79 Å². The molecule has 1 aromatic rings. The number of nitrogens with zero attached hydrogens (tertiary/aromatic N) is 1. The summed E-state index contributed by atoms with van der Waals surface area (Å²) in [5.74, 6) is 0.112. The van der Waals surface area contributed by atoms with Gasteiger partial charge in [-0.05, 0) is 30.5 Å². The molecule has 0 heterocycles. The fourth-order valence-corrected chi connectivity index (χ4v) is 1.61. The zero-order valence-corrected chi connectivity index (χ0v) is 8.94. The maximum Gasteiger partial charge on any atom is 0.253 e. The molecule has 0 bridgehead atoms. The van der Waals surface area contributed by atoms with Gasteiger partial charge in [-0.25, -0.2) is 0 Å². The minimum Gasteiger partial charge on any atom is -0.339 e. The Hall–Kier alpha value is -1.35. The van der Waals surface area contributed by atoms with Gasteiger partial charge in [-0.1, -0.05) is 12.1 Å². The van der Waals surface area contributed by atoms with E-state index in [4.69, 9.17) is 5.73 Å². The van der Waals surface area contributed by atoms with Crippen LogP contribution in [-0.4, -0.2) is 23.9 Å². The van der Waals surface area contributed by atoms with E-state index in [0.717, 1.165) is 24.0 Å². The summed E-state index contributed by atoms with van der Waals surface area (Å²) in [5, 5.41) is 0. The highest BCUT2D eigenvalue weighted by Gasteiger charge is 2.29. The van der Waals surface area contributed by atoms with Crippen LogP contribution < -0.4 is 5.73 Å². The number of amides is 1. The van der Waals surface area contributed by atoms with E-state index < -0.39 is 0 Å². The van der Waals surface area contributed by atoms with Gasteiger partial charge in [0.05, 0.1) is 0 Å². The molecule has 1 fully saturated rings. The number of benzene rings is 1. The fraction of sp³-hybridized carbons (Fsp3) is 0.417. The maximum atomic E-state index is 11.9. The lowest BCUT2D eigenvalue weighted by molar-refractivity contribution is 0.0785. The second-order valence-electron chi connectivity index (χ2n) is 4.05. The van der Waals surface area contributed by atoms with Crippen molar-refractivity contribution in [3.63, 3.8) is 0 Å². The van der Waals surface area contributed by atoms with Crippen LogP contribution in [0.3, 0.4) is 0 Å². The van der Waals surface area contributed by atoms with Gasteiger partial charge in [-0.3, -0.25) is 4.79 Å². The fourth-order valence-electron chi connectivity index (χ4n) is 1.61. The molecule has 0 aromatic heterocycles. The summed E-state index contributed by atoms with van der Waals surface area (Å²) in [5.41, 5.74) is 7.31. The highest BCUT2D eigenvalue weighted by molar-refractivity contribution is 5.94. The Bertz CT molecular complexity index is 354. The standard InChI is InChI=1S/C12H16N2O/c1-14(11-6-7-11)12(15)10-4-2-9(8-13)3-5-10/h2-5,11H,6-8,13H2,1H3. The summed E-state index contributed by atoms with van der Waals surface area (Å²) < 4.78 is 0. The quantitative estimate of drug-likeness (QED) is 0.808. The molecule has 1 saturated carbocycles. The first kappa shape index (κ1) is 10.2. The van der Waals surface area contributed by atoms with Crippen LogP contribution in [0.25, 0.3) is 0 Å². The van der Waals surface area contributed by atoms with E-state index in [1.54, 1.807) is 0 Å². The first-order valence-corrected chi connectivity index (χ1v) is 5.28. The lowest BCUT2D eigenvalue weighted by Gasteiger charge is -2.16. The number of hydrogen-bond acceptors (Lipinski definition) is 2. The van der Waals surface area contributed by atoms with E-state index in [0.29, 0.717) is 12.6 Å². The van der Waals surface area contributed by atoms with Crippen LogP contribution >= 0.6 is 0 Å². The molecule has 2 rings (SSSR count). The predicted octanol–water partition coefficient (Wildman–Crippen LogP) is 1.38. The summed E-state index contributed by atoms with van der Waals surface area (Å²) >= 11 is 0. The minimum absolute atomic E-state index is 0.112. The summed E-state index contributed by atoms with van der Waals surface area (Å²) in [6.45, 7) is 0.521. The molecule has 80 valence electrons. The average Bonchev–Trinajstić information content (AvgIpc) is 3.11. The monoisotopic (exact) mass is 204 g/mol. The van der Waals surface area contributed by atoms with E-state index in [2.05, 4.69) is 0 Å². The van der Waals surface area contributed by atoms with Crippen LogP contribution in [-0.2, 0) is 6.54 Å². The van der Waals surface area contributed by atoms with Crippen LogP contribution in [0.2, 0.25) is 0 Å². The highest BCUT2D eigenvalue weighted by atomic mass is 16.2. The zero-order chi connectivity index (χ0) is 10.8. The van der Waals surface area contributed by atoms with E-state index in [1.807, 2.05) is 36.2 Å². The first-order chi connectivity index (χ1) is 7.22. The zero-order valence-electron chi connectivity index (χ0n) is 8.94. The predicted molar refractivity (Wildman–Crippen MR) is 59.4 cm³/mol. The molecule has 1 aliphatic carbocycles.